The minimum atomic E-state index is -5.20. The standard InChI is InChI=1S/C16H16F3N3O4S/c1-8-4-9(2)21-13(11(8)6-20)27-7-10(23)5-12(14(24)26-3)22-15(25)16(17,18)19/h4,12H,5,7H2,1-3H3,(H,22,25)/t12-/m0/s1. The van der Waals surface area contributed by atoms with E-state index >= 15 is 0 Å². The van der Waals surface area contributed by atoms with E-state index in [2.05, 4.69) is 9.72 Å². The molecule has 1 rings (SSSR count). The van der Waals surface area contributed by atoms with Gasteiger partial charge in [0.25, 0.3) is 0 Å². The van der Waals surface area contributed by atoms with Gasteiger partial charge in [-0.3, -0.25) is 9.59 Å². The van der Waals surface area contributed by atoms with E-state index in [1.807, 2.05) is 6.07 Å². The molecular formula is C16H16F3N3O4S. The smallest absolute Gasteiger partial charge is 0.467 e. The number of alkyl halides is 3. The summed E-state index contributed by atoms with van der Waals surface area (Å²) >= 11 is 0.924. The van der Waals surface area contributed by atoms with Crippen LogP contribution in [-0.4, -0.2) is 47.7 Å². The number of methoxy groups -OCH3 is 1. The number of halogens is 3. The molecule has 1 heterocycles. The monoisotopic (exact) mass is 403 g/mol. The number of hydrogen-bond acceptors (Lipinski definition) is 7. The second-order valence-electron chi connectivity index (χ2n) is 5.45. The Morgan fingerprint density at radius 2 is 2.00 bits per heavy atom. The molecule has 1 aromatic heterocycles. The van der Waals surface area contributed by atoms with Gasteiger partial charge in [-0.25, -0.2) is 9.78 Å². The van der Waals surface area contributed by atoms with E-state index in [0.29, 0.717) is 16.3 Å². The topological polar surface area (TPSA) is 109 Å². The molecule has 0 unspecified atom stereocenters. The Morgan fingerprint density at radius 1 is 1.37 bits per heavy atom. The maximum Gasteiger partial charge on any atom is 0.471 e. The van der Waals surface area contributed by atoms with Gasteiger partial charge in [-0.15, -0.1) is 0 Å². The molecule has 0 fully saturated rings. The van der Waals surface area contributed by atoms with Crippen molar-refractivity contribution in [3.63, 3.8) is 0 Å². The summed E-state index contributed by atoms with van der Waals surface area (Å²) in [7, 11) is 0.924. The van der Waals surface area contributed by atoms with Gasteiger partial charge in [-0.05, 0) is 25.5 Å². The van der Waals surface area contributed by atoms with E-state index in [-0.39, 0.29) is 11.3 Å². The minimum Gasteiger partial charge on any atom is -0.467 e. The van der Waals surface area contributed by atoms with Crippen LogP contribution in [0.1, 0.15) is 23.2 Å². The van der Waals surface area contributed by atoms with Crippen molar-refractivity contribution in [1.29, 1.82) is 5.26 Å². The van der Waals surface area contributed by atoms with Crippen LogP contribution in [0.2, 0.25) is 0 Å². The summed E-state index contributed by atoms with van der Waals surface area (Å²) in [5, 5.41) is 10.9. The Hall–Kier alpha value is -2.61. The number of carbonyl (C=O) groups excluding carboxylic acids is 3. The van der Waals surface area contributed by atoms with Gasteiger partial charge in [-0.1, -0.05) is 11.8 Å². The van der Waals surface area contributed by atoms with Crippen LogP contribution in [-0.2, 0) is 19.1 Å². The third kappa shape index (κ3) is 6.56. The second-order valence-corrected chi connectivity index (χ2v) is 6.41. The molecule has 0 spiro atoms. The second kappa shape index (κ2) is 9.36. The van der Waals surface area contributed by atoms with Gasteiger partial charge >= 0.3 is 18.1 Å². The summed E-state index contributed by atoms with van der Waals surface area (Å²) in [4.78, 5) is 38.8. The van der Waals surface area contributed by atoms with E-state index in [4.69, 9.17) is 0 Å². The van der Waals surface area contributed by atoms with Crippen molar-refractivity contribution in [1.82, 2.24) is 10.3 Å². The Morgan fingerprint density at radius 3 is 2.52 bits per heavy atom. The van der Waals surface area contributed by atoms with Crippen LogP contribution in [0.5, 0.6) is 0 Å². The third-order valence-corrected chi connectivity index (χ3v) is 4.31. The van der Waals surface area contributed by atoms with Crippen LogP contribution in [0.25, 0.3) is 0 Å². The highest BCUT2D eigenvalue weighted by atomic mass is 32.2. The molecule has 7 nitrogen and oxygen atoms in total. The number of thioether (sulfide) groups is 1. The van der Waals surface area contributed by atoms with Gasteiger partial charge in [0.1, 0.15) is 22.9 Å². The number of aryl methyl sites for hydroxylation is 2. The number of Topliss-reactive ketones (excluding diaryl/α,β-unsaturated/α-hetero) is 1. The lowest BCUT2D eigenvalue weighted by Gasteiger charge is -2.16. The Balaban J connectivity index is 2.83. The molecule has 1 atom stereocenters. The lowest BCUT2D eigenvalue weighted by atomic mass is 10.1. The first-order valence-corrected chi connectivity index (χ1v) is 8.46. The summed E-state index contributed by atoms with van der Waals surface area (Å²) in [5.41, 5.74) is 1.59. The van der Waals surface area contributed by atoms with Gasteiger partial charge in [0, 0.05) is 12.1 Å². The number of nitrogens with zero attached hydrogens (tertiary/aromatic N) is 2. The average Bonchev–Trinajstić information content (AvgIpc) is 2.57. The predicted octanol–water partition coefficient (Wildman–Crippen LogP) is 1.84. The van der Waals surface area contributed by atoms with Gasteiger partial charge in [-0.2, -0.15) is 18.4 Å². The maximum absolute atomic E-state index is 12.4. The zero-order valence-corrected chi connectivity index (χ0v) is 15.5. The van der Waals surface area contributed by atoms with Gasteiger partial charge in [0.05, 0.1) is 18.4 Å². The van der Waals surface area contributed by atoms with Gasteiger partial charge in [0.15, 0.2) is 0 Å². The van der Waals surface area contributed by atoms with Crippen LogP contribution < -0.4 is 5.32 Å². The lowest BCUT2D eigenvalue weighted by molar-refractivity contribution is -0.175. The van der Waals surface area contributed by atoms with Crippen molar-refractivity contribution >= 4 is 29.4 Å². The van der Waals surface area contributed by atoms with Crippen molar-refractivity contribution in [3.05, 3.63) is 22.9 Å². The highest BCUT2D eigenvalue weighted by Crippen LogP contribution is 2.24. The molecule has 0 radical (unpaired) electrons. The number of ether oxygens (including phenoxy) is 1. The van der Waals surface area contributed by atoms with Crippen molar-refractivity contribution in [3.8, 4) is 6.07 Å². The molecular weight excluding hydrogens is 387 g/mol. The SMILES string of the molecule is COC(=O)[C@H](CC(=O)CSc1nc(C)cc(C)c1C#N)NC(=O)C(F)(F)F. The van der Waals surface area contributed by atoms with Crippen LogP contribution in [0.3, 0.4) is 0 Å². The fourth-order valence-corrected chi connectivity index (χ4v) is 3.03. The van der Waals surface area contributed by atoms with E-state index in [9.17, 15) is 32.8 Å². The van der Waals surface area contributed by atoms with Crippen molar-refractivity contribution in [2.45, 2.75) is 37.5 Å². The van der Waals surface area contributed by atoms with E-state index < -0.39 is 36.3 Å². The highest BCUT2D eigenvalue weighted by Gasteiger charge is 2.41. The van der Waals surface area contributed by atoms with Crippen LogP contribution in [0.4, 0.5) is 13.2 Å². The molecule has 0 aliphatic rings. The maximum atomic E-state index is 12.4. The number of esters is 1. The quantitative estimate of drug-likeness (QED) is 0.546. The molecule has 0 saturated heterocycles. The Labute approximate surface area is 157 Å². The highest BCUT2D eigenvalue weighted by molar-refractivity contribution is 8.00. The summed E-state index contributed by atoms with van der Waals surface area (Å²) in [6.45, 7) is 3.42. The first kappa shape index (κ1) is 22.4. The lowest BCUT2D eigenvalue weighted by Crippen LogP contribution is -2.48. The average molecular weight is 403 g/mol. The zero-order valence-electron chi connectivity index (χ0n) is 14.6. The van der Waals surface area contributed by atoms with Gasteiger partial charge < -0.3 is 10.1 Å². The number of aromatic nitrogens is 1. The van der Waals surface area contributed by atoms with Crippen molar-refractivity contribution < 1.29 is 32.3 Å². The molecule has 0 aliphatic carbocycles. The van der Waals surface area contributed by atoms with Crippen LogP contribution in [0, 0.1) is 25.2 Å². The number of pyridine rings is 1. The molecule has 1 N–H and O–H groups in total. The number of nitrogens with one attached hydrogen (secondary N) is 1. The number of ketones is 1. The van der Waals surface area contributed by atoms with Gasteiger partial charge in [0.2, 0.25) is 0 Å². The number of amides is 1. The Kier molecular flexibility index (Phi) is 7.78. The fraction of sp³-hybridized carbons (Fsp3) is 0.438. The molecule has 0 aliphatic heterocycles. The summed E-state index contributed by atoms with van der Waals surface area (Å²) in [6.07, 6.45) is -5.89. The third-order valence-electron chi connectivity index (χ3n) is 3.27. The molecule has 146 valence electrons. The molecule has 1 amide bonds. The number of nitriles is 1. The van der Waals surface area contributed by atoms with Crippen LogP contribution in [0.15, 0.2) is 11.1 Å². The molecule has 0 bridgehead atoms. The first-order valence-electron chi connectivity index (χ1n) is 7.48. The van der Waals surface area contributed by atoms with Crippen molar-refractivity contribution in [2.24, 2.45) is 0 Å². The number of rotatable bonds is 7. The van der Waals surface area contributed by atoms with E-state index in [1.165, 1.54) is 5.32 Å². The number of hydrogen-bond donors (Lipinski definition) is 1. The van der Waals surface area contributed by atoms with E-state index in [0.717, 1.165) is 18.9 Å². The molecule has 11 heteroatoms. The zero-order chi connectivity index (χ0) is 20.8. The minimum absolute atomic E-state index is 0.250. The molecule has 27 heavy (non-hydrogen) atoms. The summed E-state index contributed by atoms with van der Waals surface area (Å²) in [5.74, 6) is -4.39. The first-order chi connectivity index (χ1) is 12.5. The fourth-order valence-electron chi connectivity index (χ4n) is 2.05. The predicted molar refractivity (Wildman–Crippen MR) is 88.8 cm³/mol. The normalized spacial score (nSPS) is 12.0. The summed E-state index contributed by atoms with van der Waals surface area (Å²) < 4.78 is 41.4. The molecule has 1 aromatic rings. The molecule has 0 aromatic carbocycles. The summed E-state index contributed by atoms with van der Waals surface area (Å²) in [6, 6.07) is 1.91. The number of carbonyl (C=O) groups is 3. The largest absolute Gasteiger partial charge is 0.471 e. The Bertz CT molecular complexity index is 790. The molecule has 0 saturated carbocycles. The van der Waals surface area contributed by atoms with E-state index in [1.54, 1.807) is 19.9 Å². The van der Waals surface area contributed by atoms with Crippen molar-refractivity contribution in [2.75, 3.05) is 12.9 Å². The van der Waals surface area contributed by atoms with Crippen LogP contribution >= 0.6 is 11.8 Å².